The van der Waals surface area contributed by atoms with Crippen molar-refractivity contribution in [2.45, 2.75) is 31.5 Å². The van der Waals surface area contributed by atoms with Gasteiger partial charge in [0.1, 0.15) is 0 Å². The SMILES string of the molecule is N#Cc1ccc(NC(=O)C(=O)N2CC(NC(=O)C3CCC3)C2)cc1C(F)(F)F. The number of rotatable bonds is 3. The number of hydrogen-bond donors (Lipinski definition) is 2. The first kappa shape index (κ1) is 19.7. The Labute approximate surface area is 158 Å². The van der Waals surface area contributed by atoms with Crippen molar-refractivity contribution >= 4 is 23.4 Å². The number of nitrogens with one attached hydrogen (secondary N) is 2. The van der Waals surface area contributed by atoms with Crippen LogP contribution in [0.25, 0.3) is 0 Å². The van der Waals surface area contributed by atoms with E-state index < -0.39 is 29.1 Å². The summed E-state index contributed by atoms with van der Waals surface area (Å²) in [4.78, 5) is 37.2. The Kier molecular flexibility index (Phi) is 5.27. The van der Waals surface area contributed by atoms with Crippen LogP contribution in [0.5, 0.6) is 0 Å². The molecule has 2 fully saturated rings. The van der Waals surface area contributed by atoms with Crippen LogP contribution in [-0.4, -0.2) is 41.8 Å². The lowest BCUT2D eigenvalue weighted by molar-refractivity contribution is -0.147. The van der Waals surface area contributed by atoms with Crippen LogP contribution in [0.4, 0.5) is 18.9 Å². The summed E-state index contributed by atoms with van der Waals surface area (Å²) in [6, 6.07) is 3.87. The highest BCUT2D eigenvalue weighted by molar-refractivity contribution is 6.39. The number of hydrogen-bond acceptors (Lipinski definition) is 4. The summed E-state index contributed by atoms with van der Waals surface area (Å²) in [5.74, 6) is -2.01. The van der Waals surface area contributed by atoms with Crippen LogP contribution in [0.2, 0.25) is 0 Å². The molecule has 10 heteroatoms. The van der Waals surface area contributed by atoms with Gasteiger partial charge in [-0.2, -0.15) is 18.4 Å². The molecular formula is C18H17F3N4O3. The Morgan fingerprint density at radius 2 is 1.86 bits per heavy atom. The first-order chi connectivity index (χ1) is 13.2. The van der Waals surface area contributed by atoms with E-state index in [-0.39, 0.29) is 36.6 Å². The molecule has 0 radical (unpaired) electrons. The zero-order valence-electron chi connectivity index (χ0n) is 14.7. The summed E-state index contributed by atoms with van der Waals surface area (Å²) in [5, 5.41) is 13.7. The molecular weight excluding hydrogens is 377 g/mol. The number of carbonyl (C=O) groups excluding carboxylic acids is 3. The van der Waals surface area contributed by atoms with Gasteiger partial charge in [-0.3, -0.25) is 14.4 Å². The predicted molar refractivity (Wildman–Crippen MR) is 90.6 cm³/mol. The van der Waals surface area contributed by atoms with E-state index in [4.69, 9.17) is 5.26 Å². The van der Waals surface area contributed by atoms with E-state index in [0.717, 1.165) is 31.4 Å². The standard InChI is InChI=1S/C18H17F3N4O3/c19-18(20,21)14-6-12(5-4-11(14)7-22)23-16(27)17(28)25-8-13(9-25)24-15(26)10-2-1-3-10/h4-6,10,13H,1-3,8-9H2,(H,23,27)(H,24,26). The number of anilines is 1. The molecule has 0 aromatic heterocycles. The summed E-state index contributed by atoms with van der Waals surface area (Å²) in [6.45, 7) is 0.345. The molecule has 3 rings (SSSR count). The monoisotopic (exact) mass is 394 g/mol. The fourth-order valence-corrected chi connectivity index (χ4v) is 3.01. The normalized spacial score (nSPS) is 17.1. The predicted octanol–water partition coefficient (Wildman–Crippen LogP) is 1.64. The van der Waals surface area contributed by atoms with E-state index in [0.29, 0.717) is 6.07 Å². The molecule has 0 unspecified atom stereocenters. The number of likely N-dealkylation sites (tertiary alicyclic amines) is 1. The quantitative estimate of drug-likeness (QED) is 0.761. The molecule has 0 spiro atoms. The van der Waals surface area contributed by atoms with Gasteiger partial charge in [0.25, 0.3) is 0 Å². The van der Waals surface area contributed by atoms with Crippen molar-refractivity contribution in [2.24, 2.45) is 5.92 Å². The molecule has 7 nitrogen and oxygen atoms in total. The van der Waals surface area contributed by atoms with E-state index in [9.17, 15) is 27.6 Å². The summed E-state index contributed by atoms with van der Waals surface area (Å²) < 4.78 is 38.9. The fraction of sp³-hybridized carbons (Fsp3) is 0.444. The van der Waals surface area contributed by atoms with Gasteiger partial charge in [-0.25, -0.2) is 0 Å². The van der Waals surface area contributed by atoms with Crippen LogP contribution in [-0.2, 0) is 20.6 Å². The minimum atomic E-state index is -4.76. The van der Waals surface area contributed by atoms with Crippen LogP contribution in [0.3, 0.4) is 0 Å². The van der Waals surface area contributed by atoms with Gasteiger partial charge in [-0.05, 0) is 31.0 Å². The smallest absolute Gasteiger partial charge is 0.350 e. The molecule has 2 N–H and O–H groups in total. The van der Waals surface area contributed by atoms with Crippen LogP contribution >= 0.6 is 0 Å². The second kappa shape index (κ2) is 7.50. The van der Waals surface area contributed by atoms with Gasteiger partial charge in [0.15, 0.2) is 0 Å². The fourth-order valence-electron chi connectivity index (χ4n) is 3.01. The van der Waals surface area contributed by atoms with Crippen molar-refractivity contribution in [3.63, 3.8) is 0 Å². The van der Waals surface area contributed by atoms with E-state index in [1.54, 1.807) is 0 Å². The van der Waals surface area contributed by atoms with E-state index in [1.165, 1.54) is 11.0 Å². The molecule has 1 aromatic carbocycles. The molecule has 3 amide bonds. The van der Waals surface area contributed by atoms with E-state index in [2.05, 4.69) is 10.6 Å². The van der Waals surface area contributed by atoms with Crippen molar-refractivity contribution in [3.8, 4) is 6.07 Å². The lowest BCUT2D eigenvalue weighted by Gasteiger charge is -2.40. The van der Waals surface area contributed by atoms with E-state index >= 15 is 0 Å². The third-order valence-corrected chi connectivity index (χ3v) is 4.89. The summed E-state index contributed by atoms with van der Waals surface area (Å²) >= 11 is 0. The third-order valence-electron chi connectivity index (χ3n) is 4.89. The maximum Gasteiger partial charge on any atom is 0.417 e. The number of alkyl halides is 3. The Hall–Kier alpha value is -3.09. The average Bonchev–Trinajstić information content (AvgIpc) is 2.54. The number of nitrogens with zero attached hydrogens (tertiary/aromatic N) is 2. The van der Waals surface area contributed by atoms with Crippen molar-refractivity contribution in [1.82, 2.24) is 10.2 Å². The lowest BCUT2D eigenvalue weighted by Crippen LogP contribution is -2.63. The summed E-state index contributed by atoms with van der Waals surface area (Å²) in [7, 11) is 0. The Bertz CT molecular complexity index is 853. The van der Waals surface area contributed by atoms with Crippen molar-refractivity contribution in [1.29, 1.82) is 5.26 Å². The number of amides is 3. The van der Waals surface area contributed by atoms with E-state index in [1.807, 2.05) is 0 Å². The molecule has 1 aliphatic carbocycles. The van der Waals surface area contributed by atoms with Gasteiger partial charge in [0.05, 0.1) is 23.2 Å². The molecule has 0 atom stereocenters. The summed E-state index contributed by atoms with van der Waals surface area (Å²) in [6.07, 6.45) is -2.03. The molecule has 1 saturated carbocycles. The molecule has 148 valence electrons. The van der Waals surface area contributed by atoms with Crippen LogP contribution in [0, 0.1) is 17.2 Å². The third kappa shape index (κ3) is 4.08. The molecule has 0 bridgehead atoms. The maximum atomic E-state index is 13.0. The number of carbonyl (C=O) groups is 3. The highest BCUT2D eigenvalue weighted by Gasteiger charge is 2.37. The van der Waals surface area contributed by atoms with Gasteiger partial charge < -0.3 is 15.5 Å². The first-order valence-corrected chi connectivity index (χ1v) is 8.71. The second-order valence-corrected chi connectivity index (χ2v) is 6.87. The van der Waals surface area contributed by atoms with Crippen molar-refractivity contribution < 1.29 is 27.6 Å². The molecule has 1 saturated heterocycles. The highest BCUT2D eigenvalue weighted by atomic mass is 19.4. The van der Waals surface area contributed by atoms with Crippen molar-refractivity contribution in [3.05, 3.63) is 29.3 Å². The average molecular weight is 394 g/mol. The number of halogens is 3. The number of nitriles is 1. The molecule has 1 aliphatic heterocycles. The topological polar surface area (TPSA) is 102 Å². The molecule has 2 aliphatic rings. The largest absolute Gasteiger partial charge is 0.417 e. The molecule has 1 heterocycles. The molecule has 28 heavy (non-hydrogen) atoms. The molecule has 1 aromatic rings. The van der Waals surface area contributed by atoms with Crippen LogP contribution < -0.4 is 10.6 Å². The zero-order chi connectivity index (χ0) is 20.5. The number of benzene rings is 1. The minimum Gasteiger partial charge on any atom is -0.350 e. The minimum absolute atomic E-state index is 0.0206. The summed E-state index contributed by atoms with van der Waals surface area (Å²) in [5.41, 5.74) is -2.01. The Morgan fingerprint density at radius 3 is 2.39 bits per heavy atom. The van der Waals surface area contributed by atoms with Gasteiger partial charge >= 0.3 is 18.0 Å². The lowest BCUT2D eigenvalue weighted by atomic mass is 9.84. The Morgan fingerprint density at radius 1 is 1.18 bits per heavy atom. The van der Waals surface area contributed by atoms with Crippen molar-refractivity contribution in [2.75, 3.05) is 18.4 Å². The maximum absolute atomic E-state index is 13.0. The van der Waals surface area contributed by atoms with Gasteiger partial charge in [-0.1, -0.05) is 6.42 Å². The highest BCUT2D eigenvalue weighted by Crippen LogP contribution is 2.33. The van der Waals surface area contributed by atoms with Crippen LogP contribution in [0.1, 0.15) is 30.4 Å². The second-order valence-electron chi connectivity index (χ2n) is 6.87. The van der Waals surface area contributed by atoms with Gasteiger partial charge in [0.2, 0.25) is 5.91 Å². The van der Waals surface area contributed by atoms with Gasteiger partial charge in [-0.15, -0.1) is 0 Å². The van der Waals surface area contributed by atoms with Crippen LogP contribution in [0.15, 0.2) is 18.2 Å². The zero-order valence-corrected chi connectivity index (χ0v) is 14.7. The first-order valence-electron chi connectivity index (χ1n) is 8.71. The van der Waals surface area contributed by atoms with Gasteiger partial charge in [0, 0.05) is 24.7 Å². The Balaban J connectivity index is 1.55.